The summed E-state index contributed by atoms with van der Waals surface area (Å²) in [7, 11) is 0. The van der Waals surface area contributed by atoms with Gasteiger partial charge < -0.3 is 0 Å². The number of hydrogen-bond donors (Lipinski definition) is 0. The maximum absolute atomic E-state index is 4.48. The molecule has 11 heavy (non-hydrogen) atoms. The average molecular weight is 148 g/mol. The van der Waals surface area contributed by atoms with Crippen LogP contribution in [0.15, 0.2) is 30.3 Å². The van der Waals surface area contributed by atoms with Crippen LogP contribution < -0.4 is 5.32 Å². The standard InChI is InChI=1S/C10H14N/c1-3-9(2)11-10-7-5-4-6-8-10/h4-9H,3H2,1-2H3. The fraction of sp³-hybridized carbons (Fsp3) is 0.400. The van der Waals surface area contributed by atoms with Crippen LogP contribution in [0.5, 0.6) is 0 Å². The van der Waals surface area contributed by atoms with Crippen molar-refractivity contribution in [2.24, 2.45) is 0 Å². The van der Waals surface area contributed by atoms with Crippen LogP contribution in [0.25, 0.3) is 0 Å². The van der Waals surface area contributed by atoms with Crippen molar-refractivity contribution in [2.45, 2.75) is 26.3 Å². The summed E-state index contributed by atoms with van der Waals surface area (Å²) in [4.78, 5) is 0. The van der Waals surface area contributed by atoms with Crippen LogP contribution in [0.1, 0.15) is 20.3 Å². The van der Waals surface area contributed by atoms with E-state index in [4.69, 9.17) is 0 Å². The molecule has 0 bridgehead atoms. The highest BCUT2D eigenvalue weighted by molar-refractivity contribution is 5.34. The fourth-order valence-corrected chi connectivity index (χ4v) is 0.860. The monoisotopic (exact) mass is 148 g/mol. The highest BCUT2D eigenvalue weighted by Gasteiger charge is 1.98. The molecule has 0 aliphatic carbocycles. The Balaban J connectivity index is 2.51. The van der Waals surface area contributed by atoms with Crippen molar-refractivity contribution in [1.82, 2.24) is 5.32 Å². The lowest BCUT2D eigenvalue weighted by atomic mass is 10.2. The first-order valence-electron chi connectivity index (χ1n) is 4.09. The Morgan fingerprint density at radius 1 is 1.27 bits per heavy atom. The first-order valence-corrected chi connectivity index (χ1v) is 4.09. The number of para-hydroxylation sites is 1. The Hall–Kier alpha value is -0.980. The van der Waals surface area contributed by atoms with E-state index in [0.29, 0.717) is 6.04 Å². The number of rotatable bonds is 3. The van der Waals surface area contributed by atoms with Gasteiger partial charge in [0.15, 0.2) is 0 Å². The minimum atomic E-state index is 0.442. The summed E-state index contributed by atoms with van der Waals surface area (Å²) < 4.78 is 0. The van der Waals surface area contributed by atoms with Crippen LogP contribution in [0.2, 0.25) is 0 Å². The van der Waals surface area contributed by atoms with Crippen molar-refractivity contribution in [2.75, 3.05) is 0 Å². The number of nitrogens with zero attached hydrogens (tertiary/aromatic N) is 1. The Bertz CT molecular complexity index is 193. The molecule has 1 unspecified atom stereocenters. The topological polar surface area (TPSA) is 14.1 Å². The molecule has 0 N–H and O–H groups in total. The van der Waals surface area contributed by atoms with Crippen LogP contribution >= 0.6 is 0 Å². The van der Waals surface area contributed by atoms with Gasteiger partial charge in [0.05, 0.1) is 5.69 Å². The molecule has 1 atom stereocenters. The summed E-state index contributed by atoms with van der Waals surface area (Å²) in [6.07, 6.45) is 1.11. The minimum absolute atomic E-state index is 0.442. The second-order valence-corrected chi connectivity index (χ2v) is 2.72. The van der Waals surface area contributed by atoms with Gasteiger partial charge in [0.2, 0.25) is 0 Å². The maximum Gasteiger partial charge on any atom is 0.0577 e. The van der Waals surface area contributed by atoms with Crippen molar-refractivity contribution < 1.29 is 0 Å². The van der Waals surface area contributed by atoms with Crippen LogP contribution in [0, 0.1) is 0 Å². The fourth-order valence-electron chi connectivity index (χ4n) is 0.860. The predicted molar refractivity (Wildman–Crippen MR) is 48.0 cm³/mol. The molecule has 1 rings (SSSR count). The summed E-state index contributed by atoms with van der Waals surface area (Å²) >= 11 is 0. The summed E-state index contributed by atoms with van der Waals surface area (Å²) in [5.41, 5.74) is 1.09. The van der Waals surface area contributed by atoms with E-state index >= 15 is 0 Å². The first-order chi connectivity index (χ1) is 5.33. The van der Waals surface area contributed by atoms with E-state index < -0.39 is 0 Å². The second kappa shape index (κ2) is 4.02. The number of hydrogen-bond acceptors (Lipinski definition) is 0. The van der Waals surface area contributed by atoms with Gasteiger partial charge in [-0.1, -0.05) is 25.1 Å². The molecule has 0 saturated heterocycles. The Morgan fingerprint density at radius 3 is 2.45 bits per heavy atom. The van der Waals surface area contributed by atoms with Crippen LogP contribution in [-0.2, 0) is 0 Å². The third-order valence-corrected chi connectivity index (χ3v) is 1.72. The molecule has 1 radical (unpaired) electrons. The zero-order valence-electron chi connectivity index (χ0n) is 7.12. The lowest BCUT2D eigenvalue weighted by Crippen LogP contribution is -2.11. The molecule has 59 valence electrons. The smallest absolute Gasteiger partial charge is 0.0577 e. The van der Waals surface area contributed by atoms with Crippen molar-refractivity contribution >= 4 is 5.69 Å². The molecule has 1 aromatic rings. The van der Waals surface area contributed by atoms with Crippen molar-refractivity contribution in [3.63, 3.8) is 0 Å². The average Bonchev–Trinajstić information content (AvgIpc) is 2.06. The van der Waals surface area contributed by atoms with Crippen molar-refractivity contribution in [3.8, 4) is 0 Å². The largest absolute Gasteiger partial charge is 0.282 e. The predicted octanol–water partition coefficient (Wildman–Crippen LogP) is 2.72. The molecule has 1 aromatic carbocycles. The normalized spacial score (nSPS) is 12.5. The Morgan fingerprint density at radius 2 is 1.91 bits per heavy atom. The Labute approximate surface area is 68.4 Å². The van der Waals surface area contributed by atoms with Crippen LogP contribution in [-0.4, -0.2) is 6.04 Å². The molecular formula is C10H14N. The van der Waals surface area contributed by atoms with Crippen LogP contribution in [0.4, 0.5) is 5.69 Å². The molecule has 0 amide bonds. The summed E-state index contributed by atoms with van der Waals surface area (Å²) in [6.45, 7) is 4.28. The minimum Gasteiger partial charge on any atom is -0.282 e. The highest BCUT2D eigenvalue weighted by atomic mass is 14.9. The quantitative estimate of drug-likeness (QED) is 0.625. The summed E-state index contributed by atoms with van der Waals surface area (Å²) in [5, 5.41) is 4.48. The molecule has 1 heteroatoms. The SMILES string of the molecule is CCC(C)[N]c1ccccc1. The zero-order chi connectivity index (χ0) is 8.10. The van der Waals surface area contributed by atoms with Crippen molar-refractivity contribution in [3.05, 3.63) is 30.3 Å². The van der Waals surface area contributed by atoms with Crippen LogP contribution in [0.3, 0.4) is 0 Å². The van der Waals surface area contributed by atoms with E-state index in [1.165, 1.54) is 0 Å². The van der Waals surface area contributed by atoms with E-state index in [0.717, 1.165) is 12.1 Å². The maximum atomic E-state index is 4.48. The van der Waals surface area contributed by atoms with Gasteiger partial charge in [0, 0.05) is 6.04 Å². The summed E-state index contributed by atoms with van der Waals surface area (Å²) in [6, 6.07) is 10.5. The summed E-state index contributed by atoms with van der Waals surface area (Å²) in [5.74, 6) is 0. The second-order valence-electron chi connectivity index (χ2n) is 2.72. The molecular weight excluding hydrogens is 134 g/mol. The molecule has 0 aliphatic rings. The molecule has 0 fully saturated rings. The molecule has 0 aromatic heterocycles. The number of benzene rings is 1. The molecule has 0 aliphatic heterocycles. The molecule has 0 saturated carbocycles. The molecule has 0 spiro atoms. The van der Waals surface area contributed by atoms with Gasteiger partial charge >= 0.3 is 0 Å². The third kappa shape index (κ3) is 2.62. The first kappa shape index (κ1) is 8.12. The van der Waals surface area contributed by atoms with Gasteiger partial charge in [-0.15, -0.1) is 0 Å². The van der Waals surface area contributed by atoms with E-state index in [1.54, 1.807) is 0 Å². The lowest BCUT2D eigenvalue weighted by molar-refractivity contribution is 0.616. The molecule has 0 heterocycles. The van der Waals surface area contributed by atoms with E-state index in [2.05, 4.69) is 19.2 Å². The third-order valence-electron chi connectivity index (χ3n) is 1.72. The van der Waals surface area contributed by atoms with Gasteiger partial charge in [-0.25, -0.2) is 0 Å². The highest BCUT2D eigenvalue weighted by Crippen LogP contribution is 2.08. The van der Waals surface area contributed by atoms with E-state index in [-0.39, 0.29) is 0 Å². The van der Waals surface area contributed by atoms with E-state index in [1.807, 2.05) is 30.3 Å². The van der Waals surface area contributed by atoms with Gasteiger partial charge in [-0.3, -0.25) is 5.32 Å². The lowest BCUT2D eigenvalue weighted by Gasteiger charge is -2.08. The van der Waals surface area contributed by atoms with Crippen molar-refractivity contribution in [1.29, 1.82) is 0 Å². The van der Waals surface area contributed by atoms with Gasteiger partial charge in [-0.05, 0) is 25.5 Å². The van der Waals surface area contributed by atoms with E-state index in [9.17, 15) is 0 Å². The zero-order valence-corrected chi connectivity index (χ0v) is 7.12. The molecule has 1 nitrogen and oxygen atoms in total. The van der Waals surface area contributed by atoms with Gasteiger partial charge in [0.25, 0.3) is 0 Å². The van der Waals surface area contributed by atoms with Gasteiger partial charge in [-0.2, -0.15) is 0 Å². The Kier molecular flexibility index (Phi) is 2.96. The van der Waals surface area contributed by atoms with Gasteiger partial charge in [0.1, 0.15) is 0 Å².